The Balaban J connectivity index is 0.00000144. The van der Waals surface area contributed by atoms with Gasteiger partial charge in [0.15, 0.2) is 0 Å². The van der Waals surface area contributed by atoms with Crippen molar-refractivity contribution in [3.8, 4) is 0 Å². The molecule has 0 spiro atoms. The van der Waals surface area contributed by atoms with Crippen LogP contribution in [0.5, 0.6) is 0 Å². The Morgan fingerprint density at radius 2 is 2.06 bits per heavy atom. The van der Waals surface area contributed by atoms with E-state index >= 15 is 0 Å². The van der Waals surface area contributed by atoms with Gasteiger partial charge in [-0.2, -0.15) is 4.31 Å². The van der Waals surface area contributed by atoms with Gasteiger partial charge in [0, 0.05) is 31.1 Å². The predicted molar refractivity (Wildman–Crippen MR) is 73.5 cm³/mol. The van der Waals surface area contributed by atoms with Gasteiger partial charge in [-0.1, -0.05) is 6.07 Å². The van der Waals surface area contributed by atoms with Crippen molar-refractivity contribution < 1.29 is 8.42 Å². The quantitative estimate of drug-likeness (QED) is 0.900. The summed E-state index contributed by atoms with van der Waals surface area (Å²) in [5.74, 6) is 0.230. The Morgan fingerprint density at radius 1 is 1.35 bits per heavy atom. The Morgan fingerprint density at radius 3 is 2.65 bits per heavy atom. The van der Waals surface area contributed by atoms with Gasteiger partial charge >= 0.3 is 0 Å². The highest BCUT2D eigenvalue weighted by molar-refractivity contribution is 7.89. The van der Waals surface area contributed by atoms with Crippen molar-refractivity contribution in [3.63, 3.8) is 0 Å². The van der Waals surface area contributed by atoms with Crippen molar-refractivity contribution in [3.05, 3.63) is 22.4 Å². The molecule has 17 heavy (non-hydrogen) atoms. The lowest BCUT2D eigenvalue weighted by Crippen LogP contribution is -2.47. The van der Waals surface area contributed by atoms with E-state index in [0.29, 0.717) is 19.5 Å². The second kappa shape index (κ2) is 6.70. The van der Waals surface area contributed by atoms with Crippen LogP contribution < -0.4 is 5.32 Å². The van der Waals surface area contributed by atoms with E-state index in [9.17, 15) is 8.42 Å². The van der Waals surface area contributed by atoms with Crippen LogP contribution in [-0.2, 0) is 16.4 Å². The summed E-state index contributed by atoms with van der Waals surface area (Å²) >= 11 is 1.61. The lowest BCUT2D eigenvalue weighted by atomic mass is 10.4. The number of aryl methyl sites for hydroxylation is 1. The molecule has 1 aromatic heterocycles. The van der Waals surface area contributed by atoms with Crippen LogP contribution in [0.3, 0.4) is 0 Å². The number of rotatable bonds is 4. The van der Waals surface area contributed by atoms with Gasteiger partial charge in [-0.15, -0.1) is 23.7 Å². The molecule has 98 valence electrons. The van der Waals surface area contributed by atoms with E-state index in [2.05, 4.69) is 5.32 Å². The summed E-state index contributed by atoms with van der Waals surface area (Å²) in [6.07, 6.45) is 0.629. The van der Waals surface area contributed by atoms with E-state index < -0.39 is 10.0 Å². The first-order valence-electron chi connectivity index (χ1n) is 5.39. The monoisotopic (exact) mass is 296 g/mol. The zero-order valence-electron chi connectivity index (χ0n) is 9.46. The van der Waals surface area contributed by atoms with Crippen molar-refractivity contribution in [2.24, 2.45) is 0 Å². The highest BCUT2D eigenvalue weighted by Gasteiger charge is 2.23. The van der Waals surface area contributed by atoms with Crippen LogP contribution in [0.2, 0.25) is 0 Å². The predicted octanol–water partition coefficient (Wildman–Crippen LogP) is 0.947. The molecule has 7 heteroatoms. The van der Waals surface area contributed by atoms with Gasteiger partial charge in [0.1, 0.15) is 0 Å². The number of halogens is 1. The van der Waals surface area contributed by atoms with Crippen molar-refractivity contribution in [2.45, 2.75) is 6.42 Å². The normalized spacial score (nSPS) is 17.6. The van der Waals surface area contributed by atoms with Crippen molar-refractivity contribution in [1.82, 2.24) is 9.62 Å². The van der Waals surface area contributed by atoms with Crippen molar-refractivity contribution in [2.75, 3.05) is 31.9 Å². The molecule has 4 nitrogen and oxygen atoms in total. The van der Waals surface area contributed by atoms with E-state index in [0.717, 1.165) is 18.0 Å². The highest BCUT2D eigenvalue weighted by Crippen LogP contribution is 2.12. The van der Waals surface area contributed by atoms with Crippen LogP contribution in [0, 0.1) is 0 Å². The lowest BCUT2D eigenvalue weighted by molar-refractivity contribution is 0.360. The Kier molecular flexibility index (Phi) is 5.88. The smallest absolute Gasteiger partial charge is 0.214 e. The fourth-order valence-electron chi connectivity index (χ4n) is 1.74. The highest BCUT2D eigenvalue weighted by atomic mass is 35.5. The number of sulfonamides is 1. The number of hydrogen-bond donors (Lipinski definition) is 1. The fourth-order valence-corrected chi connectivity index (χ4v) is 4.05. The molecule has 0 bridgehead atoms. The van der Waals surface area contributed by atoms with Gasteiger partial charge in [0.05, 0.1) is 5.75 Å². The molecule has 1 fully saturated rings. The van der Waals surface area contributed by atoms with E-state index in [1.165, 1.54) is 0 Å². The summed E-state index contributed by atoms with van der Waals surface area (Å²) in [5.41, 5.74) is 0. The molecule has 1 aromatic rings. The summed E-state index contributed by atoms with van der Waals surface area (Å²) in [4.78, 5) is 1.14. The van der Waals surface area contributed by atoms with Crippen LogP contribution in [0.4, 0.5) is 0 Å². The molecule has 0 radical (unpaired) electrons. The number of piperazine rings is 1. The first-order chi connectivity index (χ1) is 7.68. The first-order valence-corrected chi connectivity index (χ1v) is 7.88. The maximum absolute atomic E-state index is 12.0. The number of hydrogen-bond acceptors (Lipinski definition) is 4. The molecular weight excluding hydrogens is 280 g/mol. The molecule has 0 atom stereocenters. The maximum Gasteiger partial charge on any atom is 0.214 e. The number of nitrogens with zero attached hydrogens (tertiary/aromatic N) is 1. The molecular formula is C10H17ClN2O2S2. The zero-order chi connectivity index (χ0) is 11.4. The third kappa shape index (κ3) is 4.22. The van der Waals surface area contributed by atoms with Crippen LogP contribution in [0.15, 0.2) is 17.5 Å². The molecule has 0 saturated carbocycles. The van der Waals surface area contributed by atoms with Gasteiger partial charge < -0.3 is 5.32 Å². The summed E-state index contributed by atoms with van der Waals surface area (Å²) in [6.45, 7) is 2.73. The molecule has 1 aliphatic rings. The van der Waals surface area contributed by atoms with Crippen molar-refractivity contribution in [1.29, 1.82) is 0 Å². The minimum absolute atomic E-state index is 0. The van der Waals surface area contributed by atoms with Crippen LogP contribution in [-0.4, -0.2) is 44.7 Å². The minimum atomic E-state index is -3.06. The van der Waals surface area contributed by atoms with Gasteiger partial charge in [0.2, 0.25) is 10.0 Å². The summed E-state index contributed by atoms with van der Waals surface area (Å²) in [6, 6.07) is 3.94. The first kappa shape index (κ1) is 14.9. The van der Waals surface area contributed by atoms with Gasteiger partial charge in [-0.25, -0.2) is 8.42 Å². The molecule has 0 aromatic carbocycles. The lowest BCUT2D eigenvalue weighted by Gasteiger charge is -2.26. The third-order valence-electron chi connectivity index (χ3n) is 2.66. The standard InChI is InChI=1S/C10H16N2O2S2.ClH/c13-16(14,12-6-4-11-5-7-12)9-3-10-2-1-8-15-10;/h1-2,8,11H,3-7,9H2;1H. The largest absolute Gasteiger partial charge is 0.314 e. The zero-order valence-corrected chi connectivity index (χ0v) is 11.9. The van der Waals surface area contributed by atoms with E-state index in [1.807, 2.05) is 17.5 Å². The number of thiophene rings is 1. The Hall–Kier alpha value is -0.140. The molecule has 2 rings (SSSR count). The molecule has 0 amide bonds. The topological polar surface area (TPSA) is 49.4 Å². The Labute approximate surface area is 112 Å². The van der Waals surface area contributed by atoms with Crippen LogP contribution in [0.25, 0.3) is 0 Å². The van der Waals surface area contributed by atoms with E-state index in [1.54, 1.807) is 15.6 Å². The van der Waals surface area contributed by atoms with E-state index in [-0.39, 0.29) is 18.2 Å². The molecule has 1 saturated heterocycles. The minimum Gasteiger partial charge on any atom is -0.314 e. The summed E-state index contributed by atoms with van der Waals surface area (Å²) < 4.78 is 25.6. The molecule has 1 aliphatic heterocycles. The number of nitrogens with one attached hydrogen (secondary N) is 1. The van der Waals surface area contributed by atoms with Crippen LogP contribution >= 0.6 is 23.7 Å². The second-order valence-corrected chi connectivity index (χ2v) is 6.92. The van der Waals surface area contributed by atoms with Crippen molar-refractivity contribution >= 4 is 33.8 Å². The summed E-state index contributed by atoms with van der Waals surface area (Å²) in [5, 5.41) is 5.13. The fraction of sp³-hybridized carbons (Fsp3) is 0.600. The Bertz CT molecular complexity index is 414. The molecule has 1 N–H and O–H groups in total. The SMILES string of the molecule is Cl.O=S(=O)(CCc1cccs1)N1CCNCC1. The maximum atomic E-state index is 12.0. The van der Waals surface area contributed by atoms with Crippen LogP contribution in [0.1, 0.15) is 4.88 Å². The average molecular weight is 297 g/mol. The summed E-state index contributed by atoms with van der Waals surface area (Å²) in [7, 11) is -3.06. The van der Waals surface area contributed by atoms with Gasteiger partial charge in [-0.05, 0) is 17.9 Å². The third-order valence-corrected chi connectivity index (χ3v) is 5.46. The van der Waals surface area contributed by atoms with E-state index in [4.69, 9.17) is 0 Å². The second-order valence-electron chi connectivity index (χ2n) is 3.79. The average Bonchev–Trinajstić information content (AvgIpc) is 2.81. The molecule has 2 heterocycles. The molecule has 0 unspecified atom stereocenters. The van der Waals surface area contributed by atoms with Gasteiger partial charge in [0.25, 0.3) is 0 Å². The van der Waals surface area contributed by atoms with Gasteiger partial charge in [-0.3, -0.25) is 0 Å². The molecule has 0 aliphatic carbocycles.